The number of methoxy groups -OCH3 is 1. The second-order valence-electron chi connectivity index (χ2n) is 6.94. The Hall–Kier alpha value is -1.87. The Balaban J connectivity index is 1.58. The monoisotopic (exact) mass is 441 g/mol. The second-order valence-corrected chi connectivity index (χ2v) is 7.80. The highest BCUT2D eigenvalue weighted by Crippen LogP contribution is 2.31. The van der Waals surface area contributed by atoms with E-state index in [1.165, 1.54) is 20.4 Å². The zero-order valence-electron chi connectivity index (χ0n) is 15.5. The van der Waals surface area contributed by atoms with Crippen LogP contribution in [-0.2, 0) is 16.6 Å². The number of carbonyl (C=O) groups is 2. The number of rotatable bonds is 6. The molecule has 2 aliphatic rings. The summed E-state index contributed by atoms with van der Waals surface area (Å²) in [6.07, 6.45) is 4.48. The molecule has 1 aromatic rings. The lowest BCUT2D eigenvalue weighted by molar-refractivity contribution is -0.127. The number of nitrogens with zero attached hydrogens (tertiary/aromatic N) is 3. The van der Waals surface area contributed by atoms with Crippen molar-refractivity contribution in [2.45, 2.75) is 37.8 Å². The molecule has 0 spiro atoms. The average Bonchev–Trinajstić information content (AvgIpc) is 2.92. The van der Waals surface area contributed by atoms with Crippen molar-refractivity contribution < 1.29 is 19.1 Å². The number of ether oxygens (including phenoxy) is 2. The topological polar surface area (TPSA) is 81.1 Å². The lowest BCUT2D eigenvalue weighted by Crippen LogP contribution is -2.44. The van der Waals surface area contributed by atoms with E-state index in [1.807, 2.05) is 0 Å². The van der Waals surface area contributed by atoms with E-state index in [0.29, 0.717) is 31.7 Å². The van der Waals surface area contributed by atoms with Crippen LogP contribution in [0, 0.1) is 0 Å². The maximum Gasteiger partial charge on any atom is 0.327 e. The van der Waals surface area contributed by atoms with Crippen molar-refractivity contribution in [3.63, 3.8) is 0 Å². The van der Waals surface area contributed by atoms with Crippen LogP contribution < -0.4 is 10.3 Å². The van der Waals surface area contributed by atoms with E-state index in [-0.39, 0.29) is 36.2 Å². The molecule has 2 fully saturated rings. The van der Waals surface area contributed by atoms with E-state index < -0.39 is 0 Å². The number of imide groups is 1. The largest absolute Gasteiger partial charge is 0.489 e. The molecule has 0 bridgehead atoms. The minimum Gasteiger partial charge on any atom is -0.489 e. The van der Waals surface area contributed by atoms with E-state index in [9.17, 15) is 14.4 Å². The summed E-state index contributed by atoms with van der Waals surface area (Å²) in [7, 11) is 3.25. The zero-order valence-corrected chi connectivity index (χ0v) is 17.1. The quantitative estimate of drug-likeness (QED) is 0.628. The molecule has 0 unspecified atom stereocenters. The van der Waals surface area contributed by atoms with Crippen molar-refractivity contribution in [3.8, 4) is 5.75 Å². The maximum atomic E-state index is 12.5. The standard InChI is InChI=1S/C18H24BrN3O5/c1-20-10-14(19)15(9-16(20)23)27-13-5-3-12(4-6-13)22-17(24)11-21(18(22)25)7-8-26-2/h9-10,12-13H,3-8,11H2,1-2H3. The number of aromatic nitrogens is 1. The highest BCUT2D eigenvalue weighted by Gasteiger charge is 2.41. The Morgan fingerprint density at radius 2 is 1.89 bits per heavy atom. The van der Waals surface area contributed by atoms with E-state index in [1.54, 1.807) is 20.4 Å². The minimum atomic E-state index is -0.226. The van der Waals surface area contributed by atoms with Gasteiger partial charge in [-0.15, -0.1) is 0 Å². The van der Waals surface area contributed by atoms with Gasteiger partial charge in [0.15, 0.2) is 0 Å². The summed E-state index contributed by atoms with van der Waals surface area (Å²) in [5.74, 6) is 0.385. The van der Waals surface area contributed by atoms with E-state index in [4.69, 9.17) is 9.47 Å². The molecule has 1 aliphatic heterocycles. The van der Waals surface area contributed by atoms with E-state index >= 15 is 0 Å². The number of halogens is 1. The molecule has 0 N–H and O–H groups in total. The fourth-order valence-electron chi connectivity index (χ4n) is 3.57. The first kappa shape index (κ1) is 19.9. The maximum absolute atomic E-state index is 12.5. The Morgan fingerprint density at radius 3 is 2.56 bits per heavy atom. The Labute approximate surface area is 166 Å². The summed E-state index contributed by atoms with van der Waals surface area (Å²) < 4.78 is 13.2. The summed E-state index contributed by atoms with van der Waals surface area (Å²) in [4.78, 5) is 39.5. The third kappa shape index (κ3) is 4.35. The number of hydrogen-bond donors (Lipinski definition) is 0. The van der Waals surface area contributed by atoms with Crippen molar-refractivity contribution in [1.82, 2.24) is 14.4 Å². The highest BCUT2D eigenvalue weighted by atomic mass is 79.9. The Kier molecular flexibility index (Phi) is 6.21. The van der Waals surface area contributed by atoms with E-state index in [2.05, 4.69) is 15.9 Å². The molecule has 1 saturated carbocycles. The molecule has 1 aromatic heterocycles. The SMILES string of the molecule is COCCN1CC(=O)N(C2CCC(Oc3cc(=O)n(C)cc3Br)CC2)C1=O. The van der Waals surface area contributed by atoms with Gasteiger partial charge < -0.3 is 18.9 Å². The van der Waals surface area contributed by atoms with Crippen molar-refractivity contribution in [3.05, 3.63) is 27.1 Å². The third-order valence-corrected chi connectivity index (χ3v) is 5.68. The van der Waals surface area contributed by atoms with Crippen LogP contribution in [0.25, 0.3) is 0 Å². The van der Waals surface area contributed by atoms with Crippen LogP contribution in [0.2, 0.25) is 0 Å². The molecule has 0 radical (unpaired) electrons. The lowest BCUT2D eigenvalue weighted by Gasteiger charge is -2.33. The van der Waals surface area contributed by atoms with E-state index in [0.717, 1.165) is 17.3 Å². The predicted molar refractivity (Wildman–Crippen MR) is 102 cm³/mol. The lowest BCUT2D eigenvalue weighted by atomic mass is 9.92. The van der Waals surface area contributed by atoms with Gasteiger partial charge in [-0.1, -0.05) is 0 Å². The molecule has 9 heteroatoms. The number of aryl methyl sites for hydroxylation is 1. The van der Waals surface area contributed by atoms with Crippen LogP contribution in [0.3, 0.4) is 0 Å². The molecule has 148 valence electrons. The van der Waals surface area contributed by atoms with Crippen LogP contribution >= 0.6 is 15.9 Å². The average molecular weight is 442 g/mol. The van der Waals surface area contributed by atoms with Gasteiger partial charge in [-0.2, -0.15) is 0 Å². The van der Waals surface area contributed by atoms with Gasteiger partial charge in [0.1, 0.15) is 12.3 Å². The first-order chi connectivity index (χ1) is 12.9. The summed E-state index contributed by atoms with van der Waals surface area (Å²) in [6.45, 7) is 0.963. The van der Waals surface area contributed by atoms with Gasteiger partial charge in [-0.25, -0.2) is 4.79 Å². The van der Waals surface area contributed by atoms with Gasteiger partial charge in [0, 0.05) is 39.0 Å². The number of urea groups is 1. The minimum absolute atomic E-state index is 0.0398. The third-order valence-electron chi connectivity index (χ3n) is 5.08. The number of carbonyl (C=O) groups excluding carboxylic acids is 2. The fraction of sp³-hybridized carbons (Fsp3) is 0.611. The number of amides is 3. The molecule has 1 aliphatic carbocycles. The molecular weight excluding hydrogens is 418 g/mol. The predicted octanol–water partition coefficient (Wildman–Crippen LogP) is 1.75. The van der Waals surface area contributed by atoms with Gasteiger partial charge in [0.2, 0.25) is 0 Å². The summed E-state index contributed by atoms with van der Waals surface area (Å²) >= 11 is 3.42. The molecule has 0 aromatic carbocycles. The summed E-state index contributed by atoms with van der Waals surface area (Å²) in [5, 5.41) is 0. The Morgan fingerprint density at radius 1 is 1.19 bits per heavy atom. The smallest absolute Gasteiger partial charge is 0.327 e. The first-order valence-corrected chi connectivity index (χ1v) is 9.82. The van der Waals surface area contributed by atoms with Crippen molar-refractivity contribution in [2.75, 3.05) is 26.8 Å². The van der Waals surface area contributed by atoms with Crippen LogP contribution in [0.5, 0.6) is 5.75 Å². The number of pyridine rings is 1. The van der Waals surface area contributed by atoms with Crippen molar-refractivity contribution >= 4 is 27.9 Å². The molecule has 1 saturated heterocycles. The Bertz CT molecular complexity index is 773. The number of hydrogen-bond acceptors (Lipinski definition) is 5. The molecule has 3 amide bonds. The highest BCUT2D eigenvalue weighted by molar-refractivity contribution is 9.10. The molecule has 3 rings (SSSR count). The van der Waals surface area contributed by atoms with Crippen LogP contribution in [0.1, 0.15) is 25.7 Å². The molecule has 27 heavy (non-hydrogen) atoms. The van der Waals surface area contributed by atoms with Gasteiger partial charge in [0.25, 0.3) is 11.5 Å². The molecule has 8 nitrogen and oxygen atoms in total. The van der Waals surface area contributed by atoms with Crippen molar-refractivity contribution in [2.24, 2.45) is 7.05 Å². The summed E-state index contributed by atoms with van der Waals surface area (Å²) in [5.41, 5.74) is -0.133. The van der Waals surface area contributed by atoms with Gasteiger partial charge in [-0.05, 0) is 41.6 Å². The molecular formula is C18H24BrN3O5. The van der Waals surface area contributed by atoms with Gasteiger partial charge >= 0.3 is 6.03 Å². The van der Waals surface area contributed by atoms with Gasteiger partial charge in [-0.3, -0.25) is 14.5 Å². The second kappa shape index (κ2) is 8.43. The fourth-order valence-corrected chi connectivity index (χ4v) is 4.09. The van der Waals surface area contributed by atoms with Crippen molar-refractivity contribution in [1.29, 1.82) is 0 Å². The van der Waals surface area contributed by atoms with Crippen LogP contribution in [-0.4, -0.2) is 65.3 Å². The van der Waals surface area contributed by atoms with Crippen LogP contribution in [0.15, 0.2) is 21.5 Å². The normalized spacial score (nSPS) is 23.2. The summed E-state index contributed by atoms with van der Waals surface area (Å²) in [6, 6.07) is 1.15. The molecule has 0 atom stereocenters. The molecule has 2 heterocycles. The van der Waals surface area contributed by atoms with Gasteiger partial charge in [0.05, 0.1) is 17.2 Å². The zero-order chi connectivity index (χ0) is 19.6. The van der Waals surface area contributed by atoms with Crippen LogP contribution in [0.4, 0.5) is 4.79 Å². The first-order valence-electron chi connectivity index (χ1n) is 9.03.